The average molecular weight is 343 g/mol. The molecule has 110 valence electrons. The maximum absolute atomic E-state index is 13.4. The van der Waals surface area contributed by atoms with Gasteiger partial charge in [-0.1, -0.05) is 18.9 Å². The van der Waals surface area contributed by atoms with Crippen molar-refractivity contribution in [2.75, 3.05) is 20.1 Å². The van der Waals surface area contributed by atoms with Crippen molar-refractivity contribution in [2.45, 2.75) is 31.7 Å². The second-order valence-electron chi connectivity index (χ2n) is 5.28. The Kier molecular flexibility index (Phi) is 5.54. The molecule has 1 aliphatic carbocycles. The van der Waals surface area contributed by atoms with Gasteiger partial charge in [-0.05, 0) is 48.0 Å². The fourth-order valence-electron chi connectivity index (χ4n) is 2.65. The van der Waals surface area contributed by atoms with Crippen LogP contribution in [0.3, 0.4) is 0 Å². The number of halogens is 2. The van der Waals surface area contributed by atoms with E-state index in [0.29, 0.717) is 18.2 Å². The SMILES string of the molecule is CN(CCNC(=O)c1cccc(F)c1Br)C1CCCC1. The van der Waals surface area contributed by atoms with E-state index in [1.165, 1.54) is 31.7 Å². The van der Waals surface area contributed by atoms with Crippen molar-refractivity contribution >= 4 is 21.8 Å². The molecule has 0 unspecified atom stereocenters. The van der Waals surface area contributed by atoms with Gasteiger partial charge in [0.05, 0.1) is 10.0 Å². The lowest BCUT2D eigenvalue weighted by Crippen LogP contribution is -2.37. The molecular weight excluding hydrogens is 323 g/mol. The summed E-state index contributed by atoms with van der Waals surface area (Å²) in [5.41, 5.74) is 0.341. The summed E-state index contributed by atoms with van der Waals surface area (Å²) < 4.78 is 13.6. The van der Waals surface area contributed by atoms with Crippen LogP contribution in [0.15, 0.2) is 22.7 Å². The third kappa shape index (κ3) is 3.79. The molecule has 0 bridgehead atoms. The molecule has 1 N–H and O–H groups in total. The fourth-order valence-corrected chi connectivity index (χ4v) is 3.09. The van der Waals surface area contributed by atoms with Gasteiger partial charge in [-0.2, -0.15) is 0 Å². The number of benzene rings is 1. The Bertz CT molecular complexity index is 475. The molecule has 0 atom stereocenters. The van der Waals surface area contributed by atoms with E-state index in [0.717, 1.165) is 6.54 Å². The smallest absolute Gasteiger partial charge is 0.252 e. The fraction of sp³-hybridized carbons (Fsp3) is 0.533. The molecule has 20 heavy (non-hydrogen) atoms. The summed E-state index contributed by atoms with van der Waals surface area (Å²) >= 11 is 3.11. The van der Waals surface area contributed by atoms with E-state index >= 15 is 0 Å². The van der Waals surface area contributed by atoms with Gasteiger partial charge in [-0.25, -0.2) is 4.39 Å². The molecule has 0 heterocycles. The Hall–Kier alpha value is -0.940. The Morgan fingerprint density at radius 3 is 2.85 bits per heavy atom. The summed E-state index contributed by atoms with van der Waals surface area (Å²) in [6.45, 7) is 1.40. The highest BCUT2D eigenvalue weighted by atomic mass is 79.9. The van der Waals surface area contributed by atoms with E-state index in [9.17, 15) is 9.18 Å². The summed E-state index contributed by atoms with van der Waals surface area (Å²) in [6, 6.07) is 5.13. The van der Waals surface area contributed by atoms with Gasteiger partial charge in [0.25, 0.3) is 5.91 Å². The van der Waals surface area contributed by atoms with E-state index in [1.807, 2.05) is 0 Å². The highest BCUT2D eigenvalue weighted by molar-refractivity contribution is 9.10. The minimum Gasteiger partial charge on any atom is -0.351 e. The van der Waals surface area contributed by atoms with Crippen LogP contribution in [0.1, 0.15) is 36.0 Å². The number of nitrogens with one attached hydrogen (secondary N) is 1. The van der Waals surface area contributed by atoms with Gasteiger partial charge in [-0.15, -0.1) is 0 Å². The first kappa shape index (κ1) is 15.4. The molecule has 1 aliphatic rings. The summed E-state index contributed by atoms with van der Waals surface area (Å²) in [4.78, 5) is 14.3. The summed E-state index contributed by atoms with van der Waals surface area (Å²) in [5, 5.41) is 2.84. The molecular formula is C15H20BrFN2O. The van der Waals surface area contributed by atoms with Gasteiger partial charge in [0.2, 0.25) is 0 Å². The zero-order chi connectivity index (χ0) is 14.5. The lowest BCUT2D eigenvalue weighted by Gasteiger charge is -2.23. The van der Waals surface area contributed by atoms with Crippen LogP contribution in [0.25, 0.3) is 0 Å². The third-order valence-corrected chi connectivity index (χ3v) is 4.70. The molecule has 3 nitrogen and oxygen atoms in total. The molecule has 0 radical (unpaired) electrons. The molecule has 0 aliphatic heterocycles. The molecule has 1 amide bonds. The van der Waals surface area contributed by atoms with Crippen LogP contribution < -0.4 is 5.32 Å². The first-order valence-electron chi connectivity index (χ1n) is 7.02. The lowest BCUT2D eigenvalue weighted by molar-refractivity contribution is 0.0946. The molecule has 1 fully saturated rings. The number of carbonyl (C=O) groups excluding carboxylic acids is 1. The molecule has 1 saturated carbocycles. The number of amides is 1. The van der Waals surface area contributed by atoms with Crippen molar-refractivity contribution in [2.24, 2.45) is 0 Å². The number of hydrogen-bond acceptors (Lipinski definition) is 2. The van der Waals surface area contributed by atoms with Crippen molar-refractivity contribution in [1.82, 2.24) is 10.2 Å². The van der Waals surface area contributed by atoms with E-state index in [-0.39, 0.29) is 10.4 Å². The van der Waals surface area contributed by atoms with Gasteiger partial charge in [0.1, 0.15) is 5.82 Å². The highest BCUT2D eigenvalue weighted by Crippen LogP contribution is 2.22. The van der Waals surface area contributed by atoms with E-state index in [1.54, 1.807) is 12.1 Å². The number of hydrogen-bond donors (Lipinski definition) is 1. The van der Waals surface area contributed by atoms with Crippen LogP contribution in [0.4, 0.5) is 4.39 Å². The van der Waals surface area contributed by atoms with E-state index in [2.05, 4.69) is 33.2 Å². The van der Waals surface area contributed by atoms with Crippen molar-refractivity contribution in [3.05, 3.63) is 34.1 Å². The molecule has 0 saturated heterocycles. The standard InChI is InChI=1S/C15H20BrFN2O/c1-19(11-5-2-3-6-11)10-9-18-15(20)12-7-4-8-13(17)14(12)16/h4,7-8,11H,2-3,5-6,9-10H2,1H3,(H,18,20). The molecule has 1 aromatic carbocycles. The van der Waals surface area contributed by atoms with Gasteiger partial charge in [0.15, 0.2) is 0 Å². The second-order valence-corrected chi connectivity index (χ2v) is 6.07. The summed E-state index contributed by atoms with van der Waals surface area (Å²) in [6.07, 6.45) is 5.11. The number of carbonyl (C=O) groups is 1. The maximum Gasteiger partial charge on any atom is 0.252 e. The largest absolute Gasteiger partial charge is 0.351 e. The Morgan fingerprint density at radius 1 is 1.45 bits per heavy atom. The van der Waals surface area contributed by atoms with Gasteiger partial charge in [-0.3, -0.25) is 4.79 Å². The zero-order valence-corrected chi connectivity index (χ0v) is 13.2. The molecule has 0 aromatic heterocycles. The second kappa shape index (κ2) is 7.18. The summed E-state index contributed by atoms with van der Waals surface area (Å²) in [5.74, 6) is -0.656. The monoisotopic (exact) mass is 342 g/mol. The first-order chi connectivity index (χ1) is 9.59. The van der Waals surface area contributed by atoms with Crippen molar-refractivity contribution < 1.29 is 9.18 Å². The van der Waals surface area contributed by atoms with Crippen LogP contribution in [0.5, 0.6) is 0 Å². The van der Waals surface area contributed by atoms with Gasteiger partial charge >= 0.3 is 0 Å². The number of rotatable bonds is 5. The minimum absolute atomic E-state index is 0.224. The number of likely N-dealkylation sites (N-methyl/N-ethyl adjacent to an activating group) is 1. The quantitative estimate of drug-likeness (QED) is 0.891. The van der Waals surface area contributed by atoms with Gasteiger partial charge < -0.3 is 10.2 Å². The average Bonchev–Trinajstić information content (AvgIpc) is 2.95. The van der Waals surface area contributed by atoms with Crippen LogP contribution in [0.2, 0.25) is 0 Å². The predicted octanol–water partition coefficient (Wildman–Crippen LogP) is 3.19. The molecule has 0 spiro atoms. The maximum atomic E-state index is 13.4. The minimum atomic E-state index is -0.416. The van der Waals surface area contributed by atoms with Gasteiger partial charge in [0, 0.05) is 19.1 Å². The molecule has 5 heteroatoms. The number of nitrogens with zero attached hydrogens (tertiary/aromatic N) is 1. The molecule has 2 rings (SSSR count). The van der Waals surface area contributed by atoms with E-state index < -0.39 is 5.82 Å². The van der Waals surface area contributed by atoms with Crippen molar-refractivity contribution in [3.63, 3.8) is 0 Å². The predicted molar refractivity (Wildman–Crippen MR) is 81.3 cm³/mol. The Balaban J connectivity index is 1.81. The van der Waals surface area contributed by atoms with E-state index in [4.69, 9.17) is 0 Å². The topological polar surface area (TPSA) is 32.3 Å². The lowest BCUT2D eigenvalue weighted by atomic mass is 10.2. The third-order valence-electron chi connectivity index (χ3n) is 3.89. The Morgan fingerprint density at radius 2 is 2.15 bits per heavy atom. The van der Waals surface area contributed by atoms with Crippen LogP contribution in [-0.2, 0) is 0 Å². The van der Waals surface area contributed by atoms with Crippen molar-refractivity contribution in [1.29, 1.82) is 0 Å². The van der Waals surface area contributed by atoms with Crippen LogP contribution in [-0.4, -0.2) is 37.0 Å². The molecule has 1 aromatic rings. The van der Waals surface area contributed by atoms with Crippen molar-refractivity contribution in [3.8, 4) is 0 Å². The highest BCUT2D eigenvalue weighted by Gasteiger charge is 2.19. The Labute approximate surface area is 127 Å². The summed E-state index contributed by atoms with van der Waals surface area (Å²) in [7, 11) is 2.10. The zero-order valence-electron chi connectivity index (χ0n) is 11.7. The van der Waals surface area contributed by atoms with Crippen LogP contribution >= 0.6 is 15.9 Å². The van der Waals surface area contributed by atoms with Crippen LogP contribution in [0, 0.1) is 5.82 Å². The normalized spacial score (nSPS) is 15.8. The first-order valence-corrected chi connectivity index (χ1v) is 7.81.